The van der Waals surface area contributed by atoms with Gasteiger partial charge < -0.3 is 10.4 Å². The molecule has 0 aliphatic carbocycles. The first-order chi connectivity index (χ1) is 13.6. The second-order valence-electron chi connectivity index (χ2n) is 6.61. The molecule has 2 N–H and O–H groups in total. The molecule has 152 valence electrons. The van der Waals surface area contributed by atoms with Crippen molar-refractivity contribution in [2.75, 3.05) is 19.6 Å². The van der Waals surface area contributed by atoms with Gasteiger partial charge in [-0.25, -0.2) is 4.98 Å². The summed E-state index contributed by atoms with van der Waals surface area (Å²) in [5, 5.41) is 14.3. The fraction of sp³-hybridized carbons (Fsp3) is 0.526. The van der Waals surface area contributed by atoms with Crippen molar-refractivity contribution in [2.24, 2.45) is 0 Å². The van der Waals surface area contributed by atoms with Gasteiger partial charge >= 0.3 is 0 Å². The van der Waals surface area contributed by atoms with Gasteiger partial charge in [0.25, 0.3) is 6.47 Å². The predicted octanol–water partition coefficient (Wildman–Crippen LogP) is 1.33. The lowest BCUT2D eigenvalue weighted by atomic mass is 10.1. The Balaban J connectivity index is 0.000000878. The van der Waals surface area contributed by atoms with Gasteiger partial charge in [0.1, 0.15) is 17.7 Å². The molecule has 2 aromatic rings. The second kappa shape index (κ2) is 11.1. The number of amides is 1. The van der Waals surface area contributed by atoms with Crippen LogP contribution in [0.15, 0.2) is 24.5 Å². The topological polar surface area (TPSA) is 113 Å². The maximum atomic E-state index is 12.8. The molecule has 9 heteroatoms. The zero-order chi connectivity index (χ0) is 20.4. The molecule has 1 aliphatic heterocycles. The fourth-order valence-corrected chi connectivity index (χ4v) is 3.38. The van der Waals surface area contributed by atoms with Gasteiger partial charge in [0.15, 0.2) is 0 Å². The fourth-order valence-electron chi connectivity index (χ4n) is 3.38. The molecule has 0 radical (unpaired) electrons. The molecule has 9 nitrogen and oxygen atoms in total. The molecule has 0 spiro atoms. The molecule has 2 aromatic heterocycles. The Morgan fingerprint density at radius 1 is 1.36 bits per heavy atom. The number of aromatic nitrogens is 4. The molecule has 0 saturated carbocycles. The number of nitrogens with one attached hydrogen (secondary N) is 1. The first-order valence-corrected chi connectivity index (χ1v) is 9.44. The third kappa shape index (κ3) is 6.12. The minimum Gasteiger partial charge on any atom is -0.483 e. The normalized spacial score (nSPS) is 14.8. The van der Waals surface area contributed by atoms with E-state index < -0.39 is 0 Å². The van der Waals surface area contributed by atoms with Crippen molar-refractivity contribution in [3.63, 3.8) is 0 Å². The van der Waals surface area contributed by atoms with Crippen LogP contribution in [-0.2, 0) is 16.1 Å². The van der Waals surface area contributed by atoms with E-state index in [9.17, 15) is 4.79 Å². The Bertz CT molecular complexity index is 743. The summed E-state index contributed by atoms with van der Waals surface area (Å²) in [7, 11) is 0. The molecule has 1 saturated heterocycles. The highest BCUT2D eigenvalue weighted by Crippen LogP contribution is 2.24. The monoisotopic (exact) mass is 388 g/mol. The van der Waals surface area contributed by atoms with E-state index in [1.807, 2.05) is 30.7 Å². The van der Waals surface area contributed by atoms with E-state index in [0.29, 0.717) is 6.54 Å². The van der Waals surface area contributed by atoms with Crippen molar-refractivity contribution in [1.29, 1.82) is 0 Å². The smallest absolute Gasteiger partial charge is 0.290 e. The predicted molar refractivity (Wildman–Crippen MR) is 104 cm³/mol. The van der Waals surface area contributed by atoms with Crippen molar-refractivity contribution < 1.29 is 14.7 Å². The van der Waals surface area contributed by atoms with Crippen LogP contribution in [0.5, 0.6) is 0 Å². The molecule has 0 bridgehead atoms. The number of hydrogen-bond donors (Lipinski definition) is 2. The zero-order valence-corrected chi connectivity index (χ0v) is 16.4. The lowest BCUT2D eigenvalue weighted by Crippen LogP contribution is -2.39. The highest BCUT2D eigenvalue weighted by molar-refractivity contribution is 5.83. The largest absolute Gasteiger partial charge is 0.483 e. The highest BCUT2D eigenvalue weighted by Gasteiger charge is 2.29. The number of aryl methyl sites for hydroxylation is 3. The molecule has 1 fully saturated rings. The average molecular weight is 388 g/mol. The van der Waals surface area contributed by atoms with E-state index in [1.54, 1.807) is 12.4 Å². The third-order valence-electron chi connectivity index (χ3n) is 4.56. The average Bonchev–Trinajstić information content (AvgIpc) is 3.30. The summed E-state index contributed by atoms with van der Waals surface area (Å²) in [6.07, 6.45) is 6.66. The minimum absolute atomic E-state index is 0.0568. The highest BCUT2D eigenvalue weighted by atomic mass is 16.3. The van der Waals surface area contributed by atoms with E-state index >= 15 is 0 Å². The van der Waals surface area contributed by atoms with Crippen LogP contribution in [0.2, 0.25) is 0 Å². The number of nitrogens with zero attached hydrogens (tertiary/aromatic N) is 5. The van der Waals surface area contributed by atoms with Gasteiger partial charge in [-0.05, 0) is 57.8 Å². The van der Waals surface area contributed by atoms with E-state index in [4.69, 9.17) is 9.90 Å². The number of hydrogen-bond acceptors (Lipinski definition) is 6. The standard InChI is InChI=1S/C18H26N6O.CH2O2/c1-14-21-15(2)24(22-14)12-6-9-20-18(25)17(23-10-3-4-11-23)16-7-5-8-19-13-16;2-1-3/h5,7-8,13,17H,3-4,6,9-12H2,1-2H3,(H,20,25);1H,(H,2,3). The van der Waals surface area contributed by atoms with E-state index in [-0.39, 0.29) is 18.4 Å². The zero-order valence-electron chi connectivity index (χ0n) is 16.4. The number of pyridine rings is 1. The lowest BCUT2D eigenvalue weighted by Gasteiger charge is -2.26. The third-order valence-corrected chi connectivity index (χ3v) is 4.56. The number of carboxylic acid groups (broad SMARTS) is 1. The summed E-state index contributed by atoms with van der Waals surface area (Å²) in [4.78, 5) is 31.9. The molecule has 1 atom stereocenters. The Hall–Kier alpha value is -2.81. The van der Waals surface area contributed by atoms with Crippen LogP contribution in [0.1, 0.15) is 42.5 Å². The summed E-state index contributed by atoms with van der Waals surface area (Å²) < 4.78 is 1.89. The van der Waals surface area contributed by atoms with Gasteiger partial charge in [0.2, 0.25) is 5.91 Å². The molecular weight excluding hydrogens is 360 g/mol. The number of rotatable bonds is 7. The van der Waals surface area contributed by atoms with Crippen molar-refractivity contribution in [2.45, 2.75) is 45.7 Å². The van der Waals surface area contributed by atoms with Crippen LogP contribution >= 0.6 is 0 Å². The summed E-state index contributed by atoms with van der Waals surface area (Å²) in [6, 6.07) is 3.63. The van der Waals surface area contributed by atoms with Gasteiger partial charge in [-0.15, -0.1) is 0 Å². The molecular formula is C19H28N6O3. The van der Waals surface area contributed by atoms with Crippen LogP contribution in [-0.4, -0.2) is 61.8 Å². The lowest BCUT2D eigenvalue weighted by molar-refractivity contribution is -0.126. The van der Waals surface area contributed by atoms with Gasteiger partial charge in [-0.3, -0.25) is 24.2 Å². The Morgan fingerprint density at radius 2 is 2.07 bits per heavy atom. The van der Waals surface area contributed by atoms with Crippen molar-refractivity contribution >= 4 is 12.4 Å². The summed E-state index contributed by atoms with van der Waals surface area (Å²) in [5.41, 5.74) is 0.963. The minimum atomic E-state index is -0.250. The Labute approximate surface area is 164 Å². The molecule has 28 heavy (non-hydrogen) atoms. The number of carbonyl (C=O) groups excluding carboxylic acids is 1. The number of likely N-dealkylation sites (tertiary alicyclic amines) is 1. The maximum Gasteiger partial charge on any atom is 0.290 e. The van der Waals surface area contributed by atoms with Crippen LogP contribution < -0.4 is 5.32 Å². The maximum absolute atomic E-state index is 12.8. The van der Waals surface area contributed by atoms with E-state index in [1.165, 1.54) is 0 Å². The molecule has 1 unspecified atom stereocenters. The van der Waals surface area contributed by atoms with Crippen molar-refractivity contribution in [3.8, 4) is 0 Å². The van der Waals surface area contributed by atoms with Gasteiger partial charge in [0, 0.05) is 25.5 Å². The van der Waals surface area contributed by atoms with Crippen LogP contribution in [0, 0.1) is 13.8 Å². The van der Waals surface area contributed by atoms with E-state index in [2.05, 4.69) is 25.3 Å². The van der Waals surface area contributed by atoms with Crippen molar-refractivity contribution in [3.05, 3.63) is 41.7 Å². The Kier molecular flexibility index (Phi) is 8.54. The van der Waals surface area contributed by atoms with Crippen LogP contribution in [0.3, 0.4) is 0 Å². The number of carbonyl (C=O) groups is 2. The molecule has 0 aromatic carbocycles. The molecule has 3 heterocycles. The Morgan fingerprint density at radius 3 is 2.64 bits per heavy atom. The molecule has 3 rings (SSSR count). The first-order valence-electron chi connectivity index (χ1n) is 9.44. The molecule has 1 aliphatic rings. The van der Waals surface area contributed by atoms with Crippen LogP contribution in [0.25, 0.3) is 0 Å². The SMILES string of the molecule is Cc1nc(C)n(CCCNC(=O)C(c2cccnc2)N2CCCC2)n1.O=CO. The van der Waals surface area contributed by atoms with Gasteiger partial charge in [0.05, 0.1) is 0 Å². The molecule has 1 amide bonds. The summed E-state index contributed by atoms with van der Waals surface area (Å²) in [6.45, 7) is 6.90. The summed E-state index contributed by atoms with van der Waals surface area (Å²) >= 11 is 0. The van der Waals surface area contributed by atoms with Gasteiger partial charge in [-0.2, -0.15) is 5.10 Å². The second-order valence-corrected chi connectivity index (χ2v) is 6.61. The first kappa shape index (κ1) is 21.5. The quantitative estimate of drug-likeness (QED) is 0.543. The summed E-state index contributed by atoms with van der Waals surface area (Å²) in [5.74, 6) is 1.75. The van der Waals surface area contributed by atoms with Crippen LogP contribution in [0.4, 0.5) is 0 Å². The van der Waals surface area contributed by atoms with Gasteiger partial charge in [-0.1, -0.05) is 6.07 Å². The van der Waals surface area contributed by atoms with Crippen molar-refractivity contribution in [1.82, 2.24) is 30.0 Å². The van der Waals surface area contributed by atoms with E-state index in [0.717, 1.165) is 56.1 Å².